The third kappa shape index (κ3) is 60.2. The molecule has 0 heterocycles. The second-order valence-corrected chi connectivity index (χ2v) is 23.7. The van der Waals surface area contributed by atoms with Crippen LogP contribution in [0.3, 0.4) is 0 Å². The highest BCUT2D eigenvalue weighted by Crippen LogP contribution is 2.38. The van der Waals surface area contributed by atoms with Crippen molar-refractivity contribution in [3.63, 3.8) is 0 Å². The van der Waals surface area contributed by atoms with Crippen molar-refractivity contribution in [2.75, 3.05) is 40.9 Å². The van der Waals surface area contributed by atoms with Crippen molar-refractivity contribution in [1.82, 2.24) is 5.32 Å². The molecule has 10 heteroatoms. The van der Waals surface area contributed by atoms with E-state index in [2.05, 4.69) is 111 Å². The molecular formula is C72H119N2O7P. The number of carbonyl (C=O) groups excluding carboxylic acids is 2. The smallest absolute Gasteiger partial charge is 0.306 e. The van der Waals surface area contributed by atoms with Crippen molar-refractivity contribution >= 4 is 19.7 Å². The summed E-state index contributed by atoms with van der Waals surface area (Å²) in [6.07, 6.45) is 87.8. The van der Waals surface area contributed by atoms with Gasteiger partial charge in [0, 0.05) is 12.8 Å². The second-order valence-electron chi connectivity index (χ2n) is 22.3. The van der Waals surface area contributed by atoms with Gasteiger partial charge in [-0.25, -0.2) is 0 Å². The van der Waals surface area contributed by atoms with E-state index < -0.39 is 32.5 Å². The number of phosphoric ester groups is 1. The minimum absolute atomic E-state index is 0.0412. The Bertz CT molecular complexity index is 1960. The Morgan fingerprint density at radius 3 is 1.33 bits per heavy atom. The molecule has 1 N–H and O–H groups in total. The van der Waals surface area contributed by atoms with Gasteiger partial charge in [-0.2, -0.15) is 0 Å². The molecule has 0 aromatic rings. The van der Waals surface area contributed by atoms with Crippen LogP contribution in [0, 0.1) is 0 Å². The van der Waals surface area contributed by atoms with Gasteiger partial charge < -0.3 is 28.5 Å². The number of hydrogen-bond donors (Lipinski definition) is 1. The molecule has 0 aliphatic heterocycles. The second kappa shape index (κ2) is 59.8. The lowest BCUT2D eigenvalue weighted by Gasteiger charge is -2.30. The Balaban J connectivity index is 5.24. The van der Waals surface area contributed by atoms with Gasteiger partial charge in [-0.15, -0.1) is 0 Å². The van der Waals surface area contributed by atoms with E-state index in [1.54, 1.807) is 0 Å². The standard InChI is InChI=1S/C72H119N2O7P/c1-7-10-13-16-19-22-25-28-30-32-33-34-35-36-37-38-39-40-41-43-44-46-49-52-55-58-61-64-71(75)73-69(68-80-82(77,78)79-67-66-74(4,5)6)70(63-60-57-54-51-48-27-24-21-18-15-12-9-3)81-72(76)65-62-59-56-53-50-47-45-42-31-29-26-23-20-17-14-11-8-2/h10-11,13-14,17,19-20,22-23,26,28-31,33-34,36-37,39-40,42,45,47,50,60,63,69-70H,7-9,12,15-16,18,21,24-25,27,32,35,38,41,43-44,46,48-49,51-59,61-62,64-68H2,1-6H3,(H-,73,75,77,78)/b13-10-,14-11-,20-17+,22-19-,26-23+,30-28-,31-29-,34-33-,37-36-,40-39-,45-42+,50-47+,63-60-. The summed E-state index contributed by atoms with van der Waals surface area (Å²) in [5.41, 5.74) is 0. The Morgan fingerprint density at radius 2 is 0.841 bits per heavy atom. The molecule has 0 fully saturated rings. The first kappa shape index (κ1) is 77.6. The van der Waals surface area contributed by atoms with Crippen LogP contribution in [0.15, 0.2) is 158 Å². The quantitative estimate of drug-likeness (QED) is 0.0161. The summed E-state index contributed by atoms with van der Waals surface area (Å²) < 4.78 is 30.3. The summed E-state index contributed by atoms with van der Waals surface area (Å²) in [5.74, 6) is -0.615. The molecule has 0 aromatic carbocycles. The molecule has 3 atom stereocenters. The first-order chi connectivity index (χ1) is 39.9. The van der Waals surface area contributed by atoms with Crippen LogP contribution in [0.2, 0.25) is 0 Å². The zero-order chi connectivity index (χ0) is 60.0. The van der Waals surface area contributed by atoms with E-state index in [0.29, 0.717) is 23.9 Å². The van der Waals surface area contributed by atoms with E-state index >= 15 is 0 Å². The molecule has 3 unspecified atom stereocenters. The third-order valence-electron chi connectivity index (χ3n) is 13.4. The lowest BCUT2D eigenvalue weighted by Crippen LogP contribution is -2.47. The first-order valence-electron chi connectivity index (χ1n) is 32.4. The topological polar surface area (TPSA) is 114 Å². The van der Waals surface area contributed by atoms with Crippen LogP contribution in [-0.4, -0.2) is 69.4 Å². The minimum atomic E-state index is -4.73. The maximum Gasteiger partial charge on any atom is 0.306 e. The van der Waals surface area contributed by atoms with Crippen LogP contribution in [0.4, 0.5) is 0 Å². The number of allylic oxidation sites excluding steroid dienone is 25. The Kier molecular flexibility index (Phi) is 56.6. The van der Waals surface area contributed by atoms with E-state index in [0.717, 1.165) is 109 Å². The van der Waals surface area contributed by atoms with Gasteiger partial charge in [0.05, 0.1) is 33.8 Å². The van der Waals surface area contributed by atoms with Gasteiger partial charge in [-0.05, 0) is 102 Å². The lowest BCUT2D eigenvalue weighted by molar-refractivity contribution is -0.870. The number of hydrogen-bond acceptors (Lipinski definition) is 7. The summed E-state index contributed by atoms with van der Waals surface area (Å²) in [6, 6.07) is -0.925. The van der Waals surface area contributed by atoms with E-state index in [1.807, 2.05) is 94.1 Å². The monoisotopic (exact) mass is 1150 g/mol. The highest BCUT2D eigenvalue weighted by molar-refractivity contribution is 7.45. The van der Waals surface area contributed by atoms with E-state index in [-0.39, 0.29) is 25.4 Å². The number of rotatable bonds is 56. The van der Waals surface area contributed by atoms with Gasteiger partial charge in [-0.3, -0.25) is 14.2 Å². The summed E-state index contributed by atoms with van der Waals surface area (Å²) in [6.45, 7) is 6.52. The number of nitrogens with zero attached hydrogens (tertiary/aromatic N) is 1. The van der Waals surface area contributed by atoms with Gasteiger partial charge >= 0.3 is 5.97 Å². The summed E-state index contributed by atoms with van der Waals surface area (Å²) in [5, 5.41) is 3.01. The summed E-state index contributed by atoms with van der Waals surface area (Å²) in [7, 11) is 1.13. The number of unbranched alkanes of at least 4 members (excludes halogenated alkanes) is 21. The Morgan fingerprint density at radius 1 is 0.451 bits per heavy atom. The van der Waals surface area contributed by atoms with E-state index in [4.69, 9.17) is 13.8 Å². The average molecular weight is 1160 g/mol. The van der Waals surface area contributed by atoms with Crippen LogP contribution in [-0.2, 0) is 27.9 Å². The Labute approximate surface area is 503 Å². The number of phosphoric acid groups is 1. The highest BCUT2D eigenvalue weighted by Gasteiger charge is 2.27. The number of nitrogens with one attached hydrogen (secondary N) is 1. The van der Waals surface area contributed by atoms with Crippen LogP contribution >= 0.6 is 7.82 Å². The van der Waals surface area contributed by atoms with E-state index in [9.17, 15) is 19.0 Å². The third-order valence-corrected chi connectivity index (χ3v) is 14.3. The van der Waals surface area contributed by atoms with Crippen molar-refractivity contribution in [3.8, 4) is 0 Å². The molecule has 0 saturated heterocycles. The predicted octanol–water partition coefficient (Wildman–Crippen LogP) is 19.8. The fourth-order valence-electron chi connectivity index (χ4n) is 8.44. The molecule has 464 valence electrons. The molecule has 0 saturated carbocycles. The van der Waals surface area contributed by atoms with Gasteiger partial charge in [0.2, 0.25) is 5.91 Å². The van der Waals surface area contributed by atoms with Gasteiger partial charge in [0.25, 0.3) is 7.82 Å². The maximum atomic E-state index is 13.6. The number of quaternary nitrogens is 1. The lowest BCUT2D eigenvalue weighted by atomic mass is 10.0. The maximum absolute atomic E-state index is 13.6. The Hall–Kier alpha value is -4.37. The molecule has 0 bridgehead atoms. The summed E-state index contributed by atoms with van der Waals surface area (Å²) in [4.78, 5) is 40.0. The molecule has 1 amide bonds. The molecule has 0 aliphatic carbocycles. The van der Waals surface area contributed by atoms with Gasteiger partial charge in [-0.1, -0.05) is 275 Å². The molecule has 9 nitrogen and oxygen atoms in total. The molecule has 0 aliphatic rings. The van der Waals surface area contributed by atoms with Crippen molar-refractivity contribution in [1.29, 1.82) is 0 Å². The van der Waals surface area contributed by atoms with Crippen LogP contribution in [0.5, 0.6) is 0 Å². The first-order valence-corrected chi connectivity index (χ1v) is 33.8. The highest BCUT2D eigenvalue weighted by atomic mass is 31.2. The zero-order valence-corrected chi connectivity index (χ0v) is 53.8. The number of ether oxygens (including phenoxy) is 1. The number of carbonyl (C=O) groups is 2. The molecule has 0 aromatic heterocycles. The van der Waals surface area contributed by atoms with Gasteiger partial charge in [0.15, 0.2) is 0 Å². The van der Waals surface area contributed by atoms with Crippen molar-refractivity contribution in [3.05, 3.63) is 158 Å². The molecule has 0 radical (unpaired) electrons. The number of amides is 1. The SMILES string of the molecule is CC\C=C/C=C/C=C/C=C\C=C\C=C\CCCCCC(=O)OC(/C=C\CCCCCCCCCCCC)C(COP(=O)([O-])OCC[N+](C)(C)C)NC(=O)CCCCCCCCCC/C=C\C/C=C\C/C=C\C/C=C\C/C=C\C/C=C\CC. The molecular weight excluding hydrogens is 1040 g/mol. The minimum Gasteiger partial charge on any atom is -0.756 e. The average Bonchev–Trinajstić information content (AvgIpc) is 3.44. The fraction of sp³-hybridized carbons (Fsp3) is 0.611. The van der Waals surface area contributed by atoms with Crippen molar-refractivity contribution in [2.24, 2.45) is 0 Å². The zero-order valence-electron chi connectivity index (χ0n) is 52.9. The van der Waals surface area contributed by atoms with Gasteiger partial charge in [0.1, 0.15) is 19.3 Å². The normalized spacial score (nSPS) is 14.7. The number of esters is 1. The summed E-state index contributed by atoms with van der Waals surface area (Å²) >= 11 is 0. The van der Waals surface area contributed by atoms with Crippen LogP contribution < -0.4 is 10.2 Å². The molecule has 0 rings (SSSR count). The molecule has 82 heavy (non-hydrogen) atoms. The van der Waals surface area contributed by atoms with Crippen molar-refractivity contribution in [2.45, 2.75) is 245 Å². The predicted molar refractivity (Wildman–Crippen MR) is 352 cm³/mol. The van der Waals surface area contributed by atoms with E-state index in [1.165, 1.54) is 77.0 Å². The fourth-order valence-corrected chi connectivity index (χ4v) is 9.16. The molecule has 0 spiro atoms. The number of likely N-dealkylation sites (N-methyl/N-ethyl adjacent to an activating group) is 1. The largest absolute Gasteiger partial charge is 0.756 e. The van der Waals surface area contributed by atoms with Crippen molar-refractivity contribution < 1.29 is 37.3 Å². The van der Waals surface area contributed by atoms with Crippen LogP contribution in [0.25, 0.3) is 0 Å². The van der Waals surface area contributed by atoms with Crippen LogP contribution in [0.1, 0.15) is 233 Å².